The third-order valence-corrected chi connectivity index (χ3v) is 7.87. The molecule has 4 aliphatic rings. The second-order valence-electron chi connectivity index (χ2n) is 9.08. The standard InChI is InChI=1S/C24H32N6O2S/c31-24(32)30-11-2-1-5-20(30)19-8-7-17-9-12-29(16-17)23-21(33-13-10-26-23)15-25-14-18-4-3-6-22(27-18)28-19/h1-4,6,10,13,17,19-20,25,33H,5,7-9,11-12,14-16H2,(H,27,28)(H,31,32). The van der Waals surface area contributed by atoms with Crippen molar-refractivity contribution in [3.63, 3.8) is 0 Å². The molecule has 0 saturated carbocycles. The number of carboxylic acid groups (broad SMARTS) is 1. The summed E-state index contributed by atoms with van der Waals surface area (Å²) in [6, 6.07) is 5.95. The minimum Gasteiger partial charge on any atom is -0.465 e. The summed E-state index contributed by atoms with van der Waals surface area (Å²) in [5, 5.41) is 19.1. The van der Waals surface area contributed by atoms with Crippen LogP contribution in [-0.2, 0) is 6.54 Å². The normalized spacial score (nSPS) is 27.8. The van der Waals surface area contributed by atoms with Gasteiger partial charge in [-0.15, -0.1) is 0 Å². The van der Waals surface area contributed by atoms with E-state index in [0.717, 1.165) is 62.7 Å². The lowest BCUT2D eigenvalue weighted by Gasteiger charge is -2.37. The van der Waals surface area contributed by atoms with Crippen molar-refractivity contribution in [1.82, 2.24) is 20.1 Å². The Morgan fingerprint density at radius 2 is 2.12 bits per heavy atom. The first-order valence-electron chi connectivity index (χ1n) is 11.8. The fraction of sp³-hybridized carbons (Fsp3) is 0.500. The van der Waals surface area contributed by atoms with E-state index in [1.807, 2.05) is 30.5 Å². The van der Waals surface area contributed by atoms with Gasteiger partial charge in [-0.2, -0.15) is 11.4 Å². The van der Waals surface area contributed by atoms with E-state index < -0.39 is 6.09 Å². The largest absolute Gasteiger partial charge is 0.465 e. The van der Waals surface area contributed by atoms with E-state index in [2.05, 4.69) is 27.0 Å². The minimum absolute atomic E-state index is 0.0107. The third kappa shape index (κ3) is 5.14. The van der Waals surface area contributed by atoms with E-state index in [1.54, 1.807) is 4.90 Å². The van der Waals surface area contributed by atoms with Crippen LogP contribution in [0.25, 0.3) is 0 Å². The molecule has 176 valence electrons. The van der Waals surface area contributed by atoms with Crippen molar-refractivity contribution in [2.24, 2.45) is 10.9 Å². The summed E-state index contributed by atoms with van der Waals surface area (Å²) < 4.78 is 0. The molecule has 3 unspecified atom stereocenters. The molecule has 33 heavy (non-hydrogen) atoms. The van der Waals surface area contributed by atoms with Crippen molar-refractivity contribution in [1.29, 1.82) is 0 Å². The molecule has 4 aliphatic heterocycles. The van der Waals surface area contributed by atoms with E-state index in [1.165, 1.54) is 16.3 Å². The van der Waals surface area contributed by atoms with Crippen LogP contribution in [0.15, 0.2) is 46.1 Å². The molecule has 1 saturated heterocycles. The number of anilines is 1. The molecule has 3 atom stereocenters. The molecule has 1 aromatic rings. The Labute approximate surface area is 198 Å². The molecule has 1 fully saturated rings. The highest BCUT2D eigenvalue weighted by Crippen LogP contribution is 2.31. The first-order valence-corrected chi connectivity index (χ1v) is 12.8. The number of carbonyl (C=O) groups is 1. The molecule has 1 aromatic heterocycles. The van der Waals surface area contributed by atoms with Crippen molar-refractivity contribution >= 4 is 34.8 Å². The Morgan fingerprint density at radius 3 is 3.03 bits per heavy atom. The molecule has 0 spiro atoms. The number of nitrogens with zero attached hydrogens (tertiary/aromatic N) is 4. The van der Waals surface area contributed by atoms with Crippen molar-refractivity contribution in [2.75, 3.05) is 31.5 Å². The van der Waals surface area contributed by atoms with Crippen LogP contribution < -0.4 is 10.6 Å². The fourth-order valence-electron chi connectivity index (χ4n) is 5.23. The highest BCUT2D eigenvalue weighted by molar-refractivity contribution is 8.02. The van der Waals surface area contributed by atoms with Gasteiger partial charge in [-0.1, -0.05) is 18.2 Å². The average molecular weight is 469 g/mol. The van der Waals surface area contributed by atoms with Crippen molar-refractivity contribution in [3.8, 4) is 0 Å². The summed E-state index contributed by atoms with van der Waals surface area (Å²) >= 11 is 1.21. The predicted octanol–water partition coefficient (Wildman–Crippen LogP) is 2.90. The van der Waals surface area contributed by atoms with Crippen LogP contribution in [0, 0.1) is 5.92 Å². The Morgan fingerprint density at radius 1 is 1.18 bits per heavy atom. The zero-order chi connectivity index (χ0) is 22.6. The van der Waals surface area contributed by atoms with Gasteiger partial charge in [0.2, 0.25) is 0 Å². The molecule has 0 aromatic carbocycles. The summed E-state index contributed by atoms with van der Waals surface area (Å²) in [7, 11) is 0. The number of hydrogen-bond acceptors (Lipinski definition) is 6. The van der Waals surface area contributed by atoms with Crippen molar-refractivity contribution < 1.29 is 9.90 Å². The summed E-state index contributed by atoms with van der Waals surface area (Å²) in [5.74, 6) is 2.52. The number of hydrogen-bond donors (Lipinski definition) is 4. The summed E-state index contributed by atoms with van der Waals surface area (Å²) in [4.78, 5) is 26.8. The molecule has 5 rings (SSSR count). The summed E-state index contributed by atoms with van der Waals surface area (Å²) in [6.45, 7) is 3.94. The van der Waals surface area contributed by atoms with Gasteiger partial charge in [0.05, 0.1) is 11.7 Å². The Hall–Kier alpha value is -2.65. The second-order valence-corrected chi connectivity index (χ2v) is 10.2. The van der Waals surface area contributed by atoms with Crippen LogP contribution in [0.5, 0.6) is 0 Å². The van der Waals surface area contributed by atoms with E-state index in [9.17, 15) is 9.90 Å². The van der Waals surface area contributed by atoms with Gasteiger partial charge < -0.3 is 20.6 Å². The zero-order valence-corrected chi connectivity index (χ0v) is 19.6. The molecule has 8 nitrogen and oxygen atoms in total. The minimum atomic E-state index is -0.856. The van der Waals surface area contributed by atoms with Crippen LogP contribution in [0.4, 0.5) is 10.6 Å². The molecule has 3 N–H and O–H groups in total. The number of rotatable bonds is 1. The van der Waals surface area contributed by atoms with Gasteiger partial charge in [-0.25, -0.2) is 14.8 Å². The van der Waals surface area contributed by atoms with Gasteiger partial charge in [0, 0.05) is 49.9 Å². The summed E-state index contributed by atoms with van der Waals surface area (Å²) in [6.07, 6.45) is 8.95. The first kappa shape index (κ1) is 22.2. The lowest BCUT2D eigenvalue weighted by molar-refractivity contribution is 0.120. The Bertz CT molecular complexity index is 1010. The number of thiol groups is 1. The monoisotopic (exact) mass is 468 g/mol. The predicted molar refractivity (Wildman–Crippen MR) is 135 cm³/mol. The highest BCUT2D eigenvalue weighted by Gasteiger charge is 2.33. The molecular weight excluding hydrogens is 436 g/mol. The fourth-order valence-corrected chi connectivity index (χ4v) is 6.06. The van der Waals surface area contributed by atoms with Crippen LogP contribution in [0.1, 0.15) is 31.4 Å². The van der Waals surface area contributed by atoms with E-state index in [-0.39, 0.29) is 12.1 Å². The Balaban J connectivity index is 1.43. The molecule has 5 heterocycles. The van der Waals surface area contributed by atoms with E-state index in [4.69, 9.17) is 9.98 Å². The first-order chi connectivity index (χ1) is 16.2. The number of amides is 1. The second kappa shape index (κ2) is 10.1. The molecule has 0 radical (unpaired) electrons. The van der Waals surface area contributed by atoms with Gasteiger partial charge in [-0.05, 0) is 49.1 Å². The van der Waals surface area contributed by atoms with Gasteiger partial charge in [-0.3, -0.25) is 4.90 Å². The number of aliphatic imine (C=N–C) groups is 1. The van der Waals surface area contributed by atoms with Crippen molar-refractivity contribution in [3.05, 3.63) is 46.8 Å². The van der Waals surface area contributed by atoms with Crippen LogP contribution in [0.3, 0.4) is 0 Å². The Kier molecular flexibility index (Phi) is 6.78. The molecule has 1 amide bonds. The molecule has 9 heteroatoms. The zero-order valence-electron chi connectivity index (χ0n) is 18.7. The number of aromatic nitrogens is 1. The van der Waals surface area contributed by atoms with E-state index >= 15 is 0 Å². The van der Waals surface area contributed by atoms with Crippen molar-refractivity contribution in [2.45, 2.75) is 44.3 Å². The van der Waals surface area contributed by atoms with Crippen LogP contribution in [-0.4, -0.2) is 75.8 Å². The lowest BCUT2D eigenvalue weighted by Crippen LogP contribution is -2.50. The van der Waals surface area contributed by atoms with Gasteiger partial charge in [0.15, 0.2) is 0 Å². The van der Waals surface area contributed by atoms with Gasteiger partial charge in [0.1, 0.15) is 11.6 Å². The number of fused-ring (bicyclic) bond motifs is 5. The van der Waals surface area contributed by atoms with E-state index in [0.29, 0.717) is 19.0 Å². The molecule has 4 bridgehead atoms. The lowest BCUT2D eigenvalue weighted by atomic mass is 9.92. The smallest absolute Gasteiger partial charge is 0.407 e. The SMILES string of the molecule is O=C(O)N1CC=CCC1C1CCC2CCN(C2)C2=C(CNCc3cccc(n3)N1)[SH]=CC=N2. The highest BCUT2D eigenvalue weighted by atomic mass is 32.1. The quantitative estimate of drug-likeness (QED) is 0.288. The molecular formula is C24H32N6O2S. The topological polar surface area (TPSA) is 93.1 Å². The maximum Gasteiger partial charge on any atom is 0.407 e. The number of pyridine rings is 1. The van der Waals surface area contributed by atoms with Gasteiger partial charge >= 0.3 is 6.09 Å². The summed E-state index contributed by atoms with van der Waals surface area (Å²) in [5.41, 5.74) is 0.969. The maximum atomic E-state index is 12.0. The maximum absolute atomic E-state index is 12.0. The van der Waals surface area contributed by atoms with Crippen LogP contribution in [0.2, 0.25) is 0 Å². The third-order valence-electron chi connectivity index (χ3n) is 6.92. The number of nitrogens with one attached hydrogen (secondary N) is 2. The van der Waals surface area contributed by atoms with Gasteiger partial charge in [0.25, 0.3) is 0 Å². The molecule has 0 aliphatic carbocycles. The average Bonchev–Trinajstić information content (AvgIpc) is 3.30. The van der Waals surface area contributed by atoms with Crippen LogP contribution >= 0.6 is 11.4 Å².